The molecule has 1 aromatic carbocycles. The molecule has 0 amide bonds. The molecule has 0 saturated heterocycles. The van der Waals surface area contributed by atoms with Gasteiger partial charge in [-0.05, 0) is 74.4 Å². The van der Waals surface area contributed by atoms with Crippen molar-refractivity contribution in [2.24, 2.45) is 11.8 Å². The minimum Gasteiger partial charge on any atom is -0.494 e. The Bertz CT molecular complexity index is 623. The van der Waals surface area contributed by atoms with Gasteiger partial charge in [-0.2, -0.15) is 0 Å². The highest BCUT2D eigenvalue weighted by Crippen LogP contribution is 2.29. The second-order valence-electron chi connectivity index (χ2n) is 6.39. The Kier molecular flexibility index (Phi) is 8.06. The quantitative estimate of drug-likeness (QED) is 0.656. The molecule has 1 fully saturated rings. The average molecular weight is 320 g/mol. The lowest BCUT2D eigenvalue weighted by atomic mass is 9.81. The number of allylic oxidation sites excluding steroid dienone is 2. The van der Waals surface area contributed by atoms with Gasteiger partial charge in [-0.15, -0.1) is 0 Å². The number of hydrogen-bond acceptors (Lipinski definition) is 1. The topological polar surface area (TPSA) is 9.23 Å². The molecule has 0 N–H and O–H groups in total. The SMILES string of the molecule is CCCOc1ccc(C#CC=CC#CC2CCC(CC)CC2)cc1. The highest BCUT2D eigenvalue weighted by atomic mass is 16.5. The second-order valence-corrected chi connectivity index (χ2v) is 6.39. The molecule has 0 bridgehead atoms. The third-order valence-corrected chi connectivity index (χ3v) is 4.51. The number of rotatable bonds is 4. The van der Waals surface area contributed by atoms with Crippen molar-refractivity contribution in [3.8, 4) is 29.4 Å². The maximum Gasteiger partial charge on any atom is 0.119 e. The van der Waals surface area contributed by atoms with Crippen molar-refractivity contribution in [3.63, 3.8) is 0 Å². The van der Waals surface area contributed by atoms with Crippen LogP contribution in [0.3, 0.4) is 0 Å². The van der Waals surface area contributed by atoms with Gasteiger partial charge in [-0.25, -0.2) is 0 Å². The summed E-state index contributed by atoms with van der Waals surface area (Å²) in [7, 11) is 0. The van der Waals surface area contributed by atoms with Gasteiger partial charge in [-0.1, -0.05) is 44.0 Å². The highest BCUT2D eigenvalue weighted by Gasteiger charge is 2.17. The van der Waals surface area contributed by atoms with Gasteiger partial charge in [0.25, 0.3) is 0 Å². The van der Waals surface area contributed by atoms with E-state index in [1.54, 1.807) is 0 Å². The van der Waals surface area contributed by atoms with Crippen LogP contribution in [0.1, 0.15) is 57.9 Å². The van der Waals surface area contributed by atoms with E-state index < -0.39 is 0 Å². The molecule has 0 heterocycles. The van der Waals surface area contributed by atoms with E-state index in [0.717, 1.165) is 30.3 Å². The van der Waals surface area contributed by atoms with Crippen molar-refractivity contribution < 1.29 is 4.74 Å². The average Bonchev–Trinajstić information content (AvgIpc) is 2.64. The molecule has 0 atom stereocenters. The van der Waals surface area contributed by atoms with Crippen LogP contribution in [0.2, 0.25) is 0 Å². The van der Waals surface area contributed by atoms with Crippen LogP contribution >= 0.6 is 0 Å². The molecule has 1 aliphatic carbocycles. The Morgan fingerprint density at radius 3 is 2.38 bits per heavy atom. The summed E-state index contributed by atoms with van der Waals surface area (Å²) in [5.74, 6) is 15.1. The predicted molar refractivity (Wildman–Crippen MR) is 102 cm³/mol. The summed E-state index contributed by atoms with van der Waals surface area (Å²) in [6.07, 6.45) is 11.3. The molecule has 24 heavy (non-hydrogen) atoms. The lowest BCUT2D eigenvalue weighted by Gasteiger charge is -2.24. The van der Waals surface area contributed by atoms with Crippen LogP contribution in [0.5, 0.6) is 5.75 Å². The first-order valence-corrected chi connectivity index (χ1v) is 9.22. The Labute approximate surface area is 147 Å². The van der Waals surface area contributed by atoms with Crippen LogP contribution in [0.4, 0.5) is 0 Å². The van der Waals surface area contributed by atoms with Crippen LogP contribution in [0.15, 0.2) is 36.4 Å². The van der Waals surface area contributed by atoms with Gasteiger partial charge < -0.3 is 4.74 Å². The van der Waals surface area contributed by atoms with E-state index in [-0.39, 0.29) is 0 Å². The smallest absolute Gasteiger partial charge is 0.119 e. The molecule has 126 valence electrons. The van der Waals surface area contributed by atoms with Crippen LogP contribution in [0.25, 0.3) is 0 Å². The third-order valence-electron chi connectivity index (χ3n) is 4.51. The monoisotopic (exact) mass is 320 g/mol. The Hall–Kier alpha value is -2.12. The summed E-state index contributed by atoms with van der Waals surface area (Å²) in [6, 6.07) is 7.92. The van der Waals surface area contributed by atoms with Crippen molar-refractivity contribution in [3.05, 3.63) is 42.0 Å². The fourth-order valence-electron chi connectivity index (χ4n) is 2.94. The zero-order chi connectivity index (χ0) is 17.0. The molecule has 1 saturated carbocycles. The molecule has 1 heteroatoms. The predicted octanol–water partition coefficient (Wildman–Crippen LogP) is 5.60. The van der Waals surface area contributed by atoms with E-state index in [9.17, 15) is 0 Å². The van der Waals surface area contributed by atoms with E-state index in [0.29, 0.717) is 5.92 Å². The van der Waals surface area contributed by atoms with E-state index in [1.807, 2.05) is 36.4 Å². The van der Waals surface area contributed by atoms with E-state index in [4.69, 9.17) is 4.74 Å². The Morgan fingerprint density at radius 2 is 1.71 bits per heavy atom. The third kappa shape index (κ3) is 6.55. The van der Waals surface area contributed by atoms with Crippen molar-refractivity contribution in [2.75, 3.05) is 6.61 Å². The standard InChI is InChI=1S/C23H28O/c1-3-19-24-23-17-15-22(16-18-23)10-8-6-5-7-9-21-13-11-20(4-2)12-14-21/h5-6,15-18,20-21H,3-4,11-14,19H2,1-2H3. The molecule has 0 aromatic heterocycles. The maximum atomic E-state index is 5.56. The number of ether oxygens (including phenoxy) is 1. The van der Waals surface area contributed by atoms with Crippen LogP contribution in [0, 0.1) is 35.5 Å². The fourth-order valence-corrected chi connectivity index (χ4v) is 2.94. The summed E-state index contributed by atoms with van der Waals surface area (Å²) in [4.78, 5) is 0. The molecule has 0 radical (unpaired) electrons. The fraction of sp³-hybridized carbons (Fsp3) is 0.478. The normalized spacial score (nSPS) is 19.9. The van der Waals surface area contributed by atoms with E-state index in [2.05, 4.69) is 37.5 Å². The first kappa shape index (κ1) is 18.2. The van der Waals surface area contributed by atoms with Gasteiger partial charge in [0.1, 0.15) is 5.75 Å². The second kappa shape index (κ2) is 10.6. The van der Waals surface area contributed by atoms with Gasteiger partial charge >= 0.3 is 0 Å². The van der Waals surface area contributed by atoms with Gasteiger partial charge in [0.05, 0.1) is 6.61 Å². The zero-order valence-corrected chi connectivity index (χ0v) is 15.0. The van der Waals surface area contributed by atoms with Crippen LogP contribution in [-0.2, 0) is 0 Å². The summed E-state index contributed by atoms with van der Waals surface area (Å²) in [5, 5.41) is 0. The minimum absolute atomic E-state index is 0.584. The van der Waals surface area contributed by atoms with Crippen molar-refractivity contribution in [1.82, 2.24) is 0 Å². The molecule has 0 aliphatic heterocycles. The molecule has 2 rings (SSSR count). The molecule has 1 nitrogen and oxygen atoms in total. The van der Waals surface area contributed by atoms with E-state index >= 15 is 0 Å². The van der Waals surface area contributed by atoms with Crippen molar-refractivity contribution in [2.45, 2.75) is 52.4 Å². The highest BCUT2D eigenvalue weighted by molar-refractivity contribution is 5.40. The number of hydrogen-bond donors (Lipinski definition) is 0. The Morgan fingerprint density at radius 1 is 1.00 bits per heavy atom. The van der Waals surface area contributed by atoms with E-state index in [1.165, 1.54) is 32.1 Å². The van der Waals surface area contributed by atoms with Crippen LogP contribution < -0.4 is 4.74 Å². The van der Waals surface area contributed by atoms with Crippen LogP contribution in [-0.4, -0.2) is 6.61 Å². The summed E-state index contributed by atoms with van der Waals surface area (Å²) < 4.78 is 5.56. The molecule has 0 unspecified atom stereocenters. The first-order chi connectivity index (χ1) is 11.8. The minimum atomic E-state index is 0.584. The largest absolute Gasteiger partial charge is 0.494 e. The van der Waals surface area contributed by atoms with Crippen molar-refractivity contribution in [1.29, 1.82) is 0 Å². The molecular formula is C23H28O. The summed E-state index contributed by atoms with van der Waals surface area (Å²) in [5.41, 5.74) is 0.995. The van der Waals surface area contributed by atoms with Gasteiger partial charge in [-0.3, -0.25) is 0 Å². The maximum absolute atomic E-state index is 5.56. The number of benzene rings is 1. The first-order valence-electron chi connectivity index (χ1n) is 9.22. The van der Waals surface area contributed by atoms with Gasteiger partial charge in [0.2, 0.25) is 0 Å². The lowest BCUT2D eigenvalue weighted by Crippen LogP contribution is -2.12. The lowest BCUT2D eigenvalue weighted by molar-refractivity contribution is 0.309. The zero-order valence-electron chi connectivity index (χ0n) is 15.0. The summed E-state index contributed by atoms with van der Waals surface area (Å²) >= 11 is 0. The molecular weight excluding hydrogens is 292 g/mol. The Balaban J connectivity index is 1.77. The molecule has 1 aromatic rings. The van der Waals surface area contributed by atoms with Crippen molar-refractivity contribution >= 4 is 0 Å². The molecule has 0 spiro atoms. The van der Waals surface area contributed by atoms with Gasteiger partial charge in [0, 0.05) is 11.5 Å². The molecule has 1 aliphatic rings. The van der Waals surface area contributed by atoms with Gasteiger partial charge in [0.15, 0.2) is 0 Å². The summed E-state index contributed by atoms with van der Waals surface area (Å²) in [6.45, 7) is 5.15.